The molecule has 0 aromatic carbocycles. The Balaban J connectivity index is 1.69. The smallest absolute Gasteiger partial charge is 0.225 e. The molecule has 0 aliphatic carbocycles. The van der Waals surface area contributed by atoms with E-state index in [4.69, 9.17) is 17.3 Å². The maximum Gasteiger partial charge on any atom is 0.225 e. The number of hydrogen-bond donors (Lipinski definition) is 1. The van der Waals surface area contributed by atoms with Crippen LogP contribution in [0.25, 0.3) is 0 Å². The molecule has 2 aromatic heterocycles. The van der Waals surface area contributed by atoms with Crippen LogP contribution >= 0.6 is 11.6 Å². The van der Waals surface area contributed by atoms with Crippen molar-refractivity contribution in [3.63, 3.8) is 0 Å². The van der Waals surface area contributed by atoms with Crippen LogP contribution in [0.15, 0.2) is 30.7 Å². The van der Waals surface area contributed by atoms with Gasteiger partial charge in [-0.15, -0.1) is 0 Å². The molecule has 0 radical (unpaired) electrons. The summed E-state index contributed by atoms with van der Waals surface area (Å²) in [7, 11) is 0. The highest BCUT2D eigenvalue weighted by molar-refractivity contribution is 6.33. The highest BCUT2D eigenvalue weighted by Crippen LogP contribution is 2.26. The largest absolute Gasteiger partial charge is 0.397 e. The van der Waals surface area contributed by atoms with Gasteiger partial charge in [0.05, 0.1) is 16.9 Å². The van der Waals surface area contributed by atoms with E-state index in [9.17, 15) is 0 Å². The van der Waals surface area contributed by atoms with E-state index in [1.54, 1.807) is 24.7 Å². The fourth-order valence-electron chi connectivity index (χ4n) is 2.25. The lowest BCUT2D eigenvalue weighted by atomic mass is 10.3. The van der Waals surface area contributed by atoms with Gasteiger partial charge in [0.1, 0.15) is 5.82 Å². The Morgan fingerprint density at radius 3 is 2.30 bits per heavy atom. The van der Waals surface area contributed by atoms with Crippen LogP contribution in [0.3, 0.4) is 0 Å². The molecule has 3 rings (SSSR count). The van der Waals surface area contributed by atoms with Crippen molar-refractivity contribution in [3.05, 3.63) is 35.7 Å². The lowest BCUT2D eigenvalue weighted by molar-refractivity contribution is 0.635. The molecule has 3 heterocycles. The van der Waals surface area contributed by atoms with Crippen LogP contribution in [0, 0.1) is 0 Å². The van der Waals surface area contributed by atoms with Crippen LogP contribution in [0.5, 0.6) is 0 Å². The summed E-state index contributed by atoms with van der Waals surface area (Å²) in [4.78, 5) is 17.2. The number of hydrogen-bond acceptors (Lipinski definition) is 6. The van der Waals surface area contributed by atoms with Crippen molar-refractivity contribution in [1.82, 2.24) is 15.0 Å². The van der Waals surface area contributed by atoms with Gasteiger partial charge in [-0.3, -0.25) is 0 Å². The summed E-state index contributed by atoms with van der Waals surface area (Å²) in [6.07, 6.45) is 5.15. The summed E-state index contributed by atoms with van der Waals surface area (Å²) in [6.45, 7) is 3.34. The maximum absolute atomic E-state index is 6.19. The van der Waals surface area contributed by atoms with Gasteiger partial charge in [-0.25, -0.2) is 15.0 Å². The number of nitrogen functional groups attached to an aromatic ring is 1. The van der Waals surface area contributed by atoms with E-state index >= 15 is 0 Å². The quantitative estimate of drug-likeness (QED) is 0.902. The molecule has 104 valence electrons. The predicted octanol–water partition coefficient (Wildman–Crippen LogP) is 1.43. The number of pyridine rings is 1. The molecule has 0 atom stereocenters. The van der Waals surface area contributed by atoms with Crippen LogP contribution < -0.4 is 15.5 Å². The number of piperazine rings is 1. The Morgan fingerprint density at radius 1 is 1.00 bits per heavy atom. The Morgan fingerprint density at radius 2 is 1.65 bits per heavy atom. The first-order chi connectivity index (χ1) is 9.74. The number of nitrogens with zero attached hydrogens (tertiary/aromatic N) is 5. The van der Waals surface area contributed by atoms with Crippen molar-refractivity contribution >= 4 is 29.1 Å². The van der Waals surface area contributed by atoms with Crippen LogP contribution in [0.1, 0.15) is 0 Å². The molecular formula is C13H15ClN6. The van der Waals surface area contributed by atoms with Gasteiger partial charge in [0, 0.05) is 38.6 Å². The lowest BCUT2D eigenvalue weighted by Gasteiger charge is -2.35. The maximum atomic E-state index is 6.19. The Hall–Kier alpha value is -2.08. The minimum absolute atomic E-state index is 0.579. The molecule has 2 N–H and O–H groups in total. The molecule has 20 heavy (non-hydrogen) atoms. The van der Waals surface area contributed by atoms with Gasteiger partial charge in [0.2, 0.25) is 5.95 Å². The first-order valence-electron chi connectivity index (χ1n) is 6.42. The van der Waals surface area contributed by atoms with Gasteiger partial charge in [0.15, 0.2) is 0 Å². The molecule has 7 heteroatoms. The third kappa shape index (κ3) is 2.60. The molecular weight excluding hydrogens is 276 g/mol. The average Bonchev–Trinajstić information content (AvgIpc) is 2.48. The van der Waals surface area contributed by atoms with Crippen molar-refractivity contribution in [3.8, 4) is 0 Å². The summed E-state index contributed by atoms with van der Waals surface area (Å²) >= 11 is 6.19. The molecule has 2 aromatic rings. The third-order valence-electron chi connectivity index (χ3n) is 3.26. The summed E-state index contributed by atoms with van der Waals surface area (Å²) in [5.41, 5.74) is 6.24. The molecule has 6 nitrogen and oxygen atoms in total. The normalized spacial score (nSPS) is 15.4. The predicted molar refractivity (Wildman–Crippen MR) is 80.1 cm³/mol. The van der Waals surface area contributed by atoms with E-state index in [1.165, 1.54) is 0 Å². The van der Waals surface area contributed by atoms with Crippen molar-refractivity contribution < 1.29 is 0 Å². The van der Waals surface area contributed by atoms with E-state index in [-0.39, 0.29) is 0 Å². The van der Waals surface area contributed by atoms with Gasteiger partial charge in [-0.2, -0.15) is 0 Å². The van der Waals surface area contributed by atoms with Crippen LogP contribution in [-0.2, 0) is 0 Å². The molecule has 0 bridgehead atoms. The van der Waals surface area contributed by atoms with Gasteiger partial charge >= 0.3 is 0 Å². The molecule has 1 fully saturated rings. The molecule has 1 aliphatic rings. The highest BCUT2D eigenvalue weighted by atomic mass is 35.5. The molecule has 0 spiro atoms. The van der Waals surface area contributed by atoms with Crippen molar-refractivity contribution in [2.45, 2.75) is 0 Å². The molecule has 0 amide bonds. The Bertz CT molecular complexity index is 583. The van der Waals surface area contributed by atoms with Crippen LogP contribution in [0.2, 0.25) is 5.02 Å². The van der Waals surface area contributed by atoms with Crippen molar-refractivity contribution in [1.29, 1.82) is 0 Å². The van der Waals surface area contributed by atoms with Gasteiger partial charge in [-0.1, -0.05) is 11.6 Å². The zero-order chi connectivity index (χ0) is 13.9. The van der Waals surface area contributed by atoms with Gasteiger partial charge in [-0.05, 0) is 12.1 Å². The van der Waals surface area contributed by atoms with Crippen molar-refractivity contribution in [2.24, 2.45) is 0 Å². The molecule has 1 saturated heterocycles. The Kier molecular flexibility index (Phi) is 3.56. The van der Waals surface area contributed by atoms with E-state index in [0.29, 0.717) is 10.7 Å². The average molecular weight is 291 g/mol. The molecule has 0 unspecified atom stereocenters. The summed E-state index contributed by atoms with van der Waals surface area (Å²) in [5.74, 6) is 1.55. The minimum atomic E-state index is 0.579. The summed E-state index contributed by atoms with van der Waals surface area (Å²) in [6, 6.07) is 3.55. The summed E-state index contributed by atoms with van der Waals surface area (Å²) < 4.78 is 0. The highest BCUT2D eigenvalue weighted by Gasteiger charge is 2.21. The van der Waals surface area contributed by atoms with E-state index in [0.717, 1.165) is 37.9 Å². The standard InChI is InChI=1S/C13H15ClN6/c14-11-8-10(15)9-18-12(11)19-4-6-20(7-5-19)13-16-2-1-3-17-13/h1-3,8-9H,4-7,15H2. The van der Waals surface area contributed by atoms with Crippen molar-refractivity contribution in [2.75, 3.05) is 41.7 Å². The second-order valence-electron chi connectivity index (χ2n) is 4.60. The number of anilines is 3. The minimum Gasteiger partial charge on any atom is -0.397 e. The second kappa shape index (κ2) is 5.50. The van der Waals surface area contributed by atoms with Gasteiger partial charge < -0.3 is 15.5 Å². The number of nitrogens with two attached hydrogens (primary N) is 1. The zero-order valence-corrected chi connectivity index (χ0v) is 11.7. The zero-order valence-electron chi connectivity index (χ0n) is 10.9. The fourth-order valence-corrected chi connectivity index (χ4v) is 2.55. The molecule has 1 aliphatic heterocycles. The number of aromatic nitrogens is 3. The summed E-state index contributed by atoms with van der Waals surface area (Å²) in [5, 5.41) is 0.592. The van der Waals surface area contributed by atoms with E-state index in [1.807, 2.05) is 6.07 Å². The first-order valence-corrected chi connectivity index (χ1v) is 6.80. The molecule has 0 saturated carbocycles. The van der Waals surface area contributed by atoms with Crippen LogP contribution in [0.4, 0.5) is 17.5 Å². The number of rotatable bonds is 2. The van der Waals surface area contributed by atoms with Gasteiger partial charge in [0.25, 0.3) is 0 Å². The lowest BCUT2D eigenvalue weighted by Crippen LogP contribution is -2.47. The fraction of sp³-hybridized carbons (Fsp3) is 0.308. The SMILES string of the molecule is Nc1cnc(N2CCN(c3ncccn3)CC2)c(Cl)c1. The third-order valence-corrected chi connectivity index (χ3v) is 3.54. The second-order valence-corrected chi connectivity index (χ2v) is 5.00. The van der Waals surface area contributed by atoms with Crippen LogP contribution in [-0.4, -0.2) is 41.1 Å². The van der Waals surface area contributed by atoms with E-state index in [2.05, 4.69) is 24.8 Å². The Labute approximate surface area is 122 Å². The van der Waals surface area contributed by atoms with E-state index < -0.39 is 0 Å². The first kappa shape index (κ1) is 12.9. The monoisotopic (exact) mass is 290 g/mol. The number of halogens is 1. The topological polar surface area (TPSA) is 71.2 Å².